The summed E-state index contributed by atoms with van der Waals surface area (Å²) >= 11 is 0. The summed E-state index contributed by atoms with van der Waals surface area (Å²) < 4.78 is 20.4. The summed E-state index contributed by atoms with van der Waals surface area (Å²) in [5.41, 5.74) is 2.24. The van der Waals surface area contributed by atoms with E-state index in [9.17, 15) is 4.39 Å². The highest BCUT2D eigenvalue weighted by Crippen LogP contribution is 2.61. The zero-order valence-electron chi connectivity index (χ0n) is 19.5. The molecule has 7 rings (SSSR count). The Balaban J connectivity index is 1.24. The van der Waals surface area contributed by atoms with Gasteiger partial charge in [0.2, 0.25) is 0 Å². The van der Waals surface area contributed by atoms with Crippen LogP contribution in [0.15, 0.2) is 60.7 Å². The minimum atomic E-state index is -0.214. The lowest BCUT2D eigenvalue weighted by Gasteiger charge is -2.59. The average molecular weight is 444 g/mol. The van der Waals surface area contributed by atoms with Gasteiger partial charge in [0.15, 0.2) is 0 Å². The Morgan fingerprint density at radius 2 is 1.58 bits per heavy atom. The van der Waals surface area contributed by atoms with E-state index in [1.807, 2.05) is 6.07 Å². The number of fused-ring (bicyclic) bond motifs is 1. The molecule has 172 valence electrons. The molecule has 0 amide bonds. The molecule has 4 saturated carbocycles. The number of hydrogen-bond donors (Lipinski definition) is 1. The normalized spacial score (nSPS) is 28.8. The summed E-state index contributed by atoms with van der Waals surface area (Å²) in [6, 6.07) is 20.0. The van der Waals surface area contributed by atoms with E-state index in [0.29, 0.717) is 17.0 Å². The van der Waals surface area contributed by atoms with Gasteiger partial charge in [-0.1, -0.05) is 48.5 Å². The predicted octanol–water partition coefficient (Wildman–Crippen LogP) is 7.25. The van der Waals surface area contributed by atoms with Crippen molar-refractivity contribution >= 4 is 10.8 Å². The first-order valence-electron chi connectivity index (χ1n) is 12.7. The Morgan fingerprint density at radius 3 is 2.30 bits per heavy atom. The quantitative estimate of drug-likeness (QED) is 0.415. The molecule has 1 atom stereocenters. The van der Waals surface area contributed by atoms with Crippen LogP contribution in [-0.4, -0.2) is 6.04 Å². The van der Waals surface area contributed by atoms with Crippen LogP contribution in [0.1, 0.15) is 56.6 Å². The van der Waals surface area contributed by atoms with Crippen LogP contribution < -0.4 is 10.1 Å². The molecule has 33 heavy (non-hydrogen) atoms. The number of nitrogens with one attached hydrogen (secondary N) is 1. The largest absolute Gasteiger partial charge is 0.488 e. The van der Waals surface area contributed by atoms with Crippen LogP contribution in [0.25, 0.3) is 10.8 Å². The first-order chi connectivity index (χ1) is 16.1. The topological polar surface area (TPSA) is 21.3 Å². The zero-order valence-corrected chi connectivity index (χ0v) is 19.5. The Labute approximate surface area is 196 Å². The Kier molecular flexibility index (Phi) is 5.41. The predicted molar refractivity (Wildman–Crippen MR) is 132 cm³/mol. The minimum absolute atomic E-state index is 0.214. The molecule has 0 aromatic heterocycles. The van der Waals surface area contributed by atoms with Crippen molar-refractivity contribution in [2.24, 2.45) is 23.2 Å². The van der Waals surface area contributed by atoms with Gasteiger partial charge in [-0.3, -0.25) is 0 Å². The van der Waals surface area contributed by atoms with Crippen LogP contribution in [0.2, 0.25) is 0 Å². The number of benzene rings is 3. The summed E-state index contributed by atoms with van der Waals surface area (Å²) in [6.45, 7) is 3.43. The fourth-order valence-electron chi connectivity index (χ4n) is 7.58. The van der Waals surface area contributed by atoms with Crippen molar-refractivity contribution in [2.75, 3.05) is 0 Å². The van der Waals surface area contributed by atoms with E-state index in [4.69, 9.17) is 4.74 Å². The fourth-order valence-corrected chi connectivity index (χ4v) is 7.58. The van der Waals surface area contributed by atoms with Gasteiger partial charge in [0.1, 0.15) is 18.2 Å². The lowest BCUT2D eigenvalue weighted by Crippen LogP contribution is -2.54. The SMILES string of the molecule is C[C@H](NCc1c(OCc2ccccc2F)ccc2ccccc12)C12CC3CC(CC(C3)C1)C2. The minimum Gasteiger partial charge on any atom is -0.488 e. The summed E-state index contributed by atoms with van der Waals surface area (Å²) in [5, 5.41) is 6.38. The maximum absolute atomic E-state index is 14.2. The molecule has 4 aliphatic carbocycles. The molecular formula is C30H34FNO. The number of halogens is 1. The van der Waals surface area contributed by atoms with Crippen molar-refractivity contribution in [3.05, 3.63) is 77.6 Å². The van der Waals surface area contributed by atoms with Crippen LogP contribution >= 0.6 is 0 Å². The van der Waals surface area contributed by atoms with Gasteiger partial charge in [0, 0.05) is 23.7 Å². The number of ether oxygens (including phenoxy) is 1. The van der Waals surface area contributed by atoms with Crippen molar-refractivity contribution in [1.29, 1.82) is 0 Å². The smallest absolute Gasteiger partial charge is 0.129 e. The molecule has 4 aliphatic rings. The fraction of sp³-hybridized carbons (Fsp3) is 0.467. The lowest BCUT2D eigenvalue weighted by atomic mass is 9.48. The van der Waals surface area contributed by atoms with E-state index in [0.717, 1.165) is 30.0 Å². The van der Waals surface area contributed by atoms with Gasteiger partial charge in [0.05, 0.1) is 0 Å². The van der Waals surface area contributed by atoms with Gasteiger partial charge < -0.3 is 10.1 Å². The maximum atomic E-state index is 14.2. The second-order valence-corrected chi connectivity index (χ2v) is 11.0. The van der Waals surface area contributed by atoms with Crippen LogP contribution in [0.5, 0.6) is 5.75 Å². The van der Waals surface area contributed by atoms with E-state index in [1.165, 1.54) is 60.9 Å². The first-order valence-corrected chi connectivity index (χ1v) is 12.7. The van der Waals surface area contributed by atoms with Gasteiger partial charge in [-0.2, -0.15) is 0 Å². The summed E-state index contributed by atoms with van der Waals surface area (Å²) in [7, 11) is 0. The van der Waals surface area contributed by atoms with E-state index >= 15 is 0 Å². The molecule has 1 N–H and O–H groups in total. The Morgan fingerprint density at radius 1 is 0.909 bits per heavy atom. The molecule has 0 spiro atoms. The van der Waals surface area contributed by atoms with Crippen molar-refractivity contribution in [2.45, 2.75) is 64.6 Å². The van der Waals surface area contributed by atoms with E-state index in [2.05, 4.69) is 48.6 Å². The molecule has 4 bridgehead atoms. The van der Waals surface area contributed by atoms with Crippen molar-refractivity contribution in [3.63, 3.8) is 0 Å². The molecule has 0 unspecified atom stereocenters. The molecule has 0 aliphatic heterocycles. The van der Waals surface area contributed by atoms with Crippen LogP contribution in [0.4, 0.5) is 4.39 Å². The molecule has 0 saturated heterocycles. The second-order valence-electron chi connectivity index (χ2n) is 11.0. The van der Waals surface area contributed by atoms with Crippen LogP contribution in [0, 0.1) is 29.0 Å². The monoisotopic (exact) mass is 443 g/mol. The van der Waals surface area contributed by atoms with Crippen LogP contribution in [-0.2, 0) is 13.2 Å². The van der Waals surface area contributed by atoms with E-state index in [-0.39, 0.29) is 12.4 Å². The van der Waals surface area contributed by atoms with Gasteiger partial charge in [-0.15, -0.1) is 0 Å². The highest BCUT2D eigenvalue weighted by atomic mass is 19.1. The van der Waals surface area contributed by atoms with Gasteiger partial charge >= 0.3 is 0 Å². The average Bonchev–Trinajstić information content (AvgIpc) is 2.81. The van der Waals surface area contributed by atoms with Gasteiger partial charge in [0.25, 0.3) is 0 Å². The van der Waals surface area contributed by atoms with Crippen molar-refractivity contribution in [3.8, 4) is 5.75 Å². The molecule has 3 heteroatoms. The van der Waals surface area contributed by atoms with Crippen molar-refractivity contribution < 1.29 is 9.13 Å². The number of rotatable bonds is 7. The first kappa shape index (κ1) is 21.2. The van der Waals surface area contributed by atoms with E-state index in [1.54, 1.807) is 12.1 Å². The maximum Gasteiger partial charge on any atom is 0.129 e. The Hall–Kier alpha value is -2.39. The van der Waals surface area contributed by atoms with Gasteiger partial charge in [-0.05, 0) is 91.5 Å². The molecule has 3 aromatic carbocycles. The highest BCUT2D eigenvalue weighted by Gasteiger charge is 2.52. The van der Waals surface area contributed by atoms with Gasteiger partial charge in [-0.25, -0.2) is 4.39 Å². The van der Waals surface area contributed by atoms with Crippen LogP contribution in [0.3, 0.4) is 0 Å². The third-order valence-corrected chi connectivity index (χ3v) is 8.93. The van der Waals surface area contributed by atoms with E-state index < -0.39 is 0 Å². The summed E-state index contributed by atoms with van der Waals surface area (Å²) in [5.74, 6) is 3.50. The lowest BCUT2D eigenvalue weighted by molar-refractivity contribution is -0.0706. The second kappa shape index (κ2) is 8.43. The molecule has 2 nitrogen and oxygen atoms in total. The van der Waals surface area contributed by atoms with Crippen molar-refractivity contribution in [1.82, 2.24) is 5.32 Å². The molecule has 0 radical (unpaired) electrons. The standard InChI is InChI=1S/C30H34FNO/c1-20(30-15-21-12-22(16-30)14-23(13-21)17-30)32-18-27-26-8-4-2-6-24(26)10-11-29(27)33-19-25-7-3-5-9-28(25)31/h2-11,20-23,32H,12-19H2,1H3/t20-,21?,22?,23?,30?/m0/s1. The zero-order chi connectivity index (χ0) is 22.4. The molecule has 3 aromatic rings. The molecular weight excluding hydrogens is 409 g/mol. The summed E-state index contributed by atoms with van der Waals surface area (Å²) in [4.78, 5) is 0. The third kappa shape index (κ3) is 3.95. The highest BCUT2D eigenvalue weighted by molar-refractivity contribution is 5.87. The third-order valence-electron chi connectivity index (χ3n) is 8.93. The summed E-state index contributed by atoms with van der Waals surface area (Å²) in [6.07, 6.45) is 8.63. The Bertz CT molecular complexity index is 1120. The molecule has 4 fully saturated rings. The number of hydrogen-bond acceptors (Lipinski definition) is 2. The molecule has 0 heterocycles.